The zero-order valence-corrected chi connectivity index (χ0v) is 16.0. The maximum Gasteiger partial charge on any atom is 0.102 e. The van der Waals surface area contributed by atoms with Crippen LogP contribution in [0.4, 0.5) is 5.69 Å². The number of nitrogens with one attached hydrogen (secondary N) is 1. The van der Waals surface area contributed by atoms with Gasteiger partial charge in [0.25, 0.3) is 0 Å². The summed E-state index contributed by atoms with van der Waals surface area (Å²) in [6, 6.07) is 22.8. The van der Waals surface area contributed by atoms with E-state index < -0.39 is 0 Å². The van der Waals surface area contributed by atoms with Crippen LogP contribution in [0.1, 0.15) is 11.4 Å². The van der Waals surface area contributed by atoms with Crippen LogP contribution in [0.2, 0.25) is 0 Å². The highest BCUT2D eigenvalue weighted by molar-refractivity contribution is 5.81. The Kier molecular flexibility index (Phi) is 4.29. The van der Waals surface area contributed by atoms with Crippen molar-refractivity contribution in [2.75, 3.05) is 5.32 Å². The first kappa shape index (κ1) is 17.2. The van der Waals surface area contributed by atoms with Crippen molar-refractivity contribution < 1.29 is 0 Å². The molecule has 0 bridgehead atoms. The number of para-hydroxylation sites is 1. The smallest absolute Gasteiger partial charge is 0.102 e. The van der Waals surface area contributed by atoms with Crippen LogP contribution in [0, 0.1) is 6.92 Å². The van der Waals surface area contributed by atoms with E-state index in [1.165, 1.54) is 10.9 Å². The number of hydrogen-bond acceptors (Lipinski definition) is 4. The molecule has 3 aromatic heterocycles. The molecule has 2 aromatic carbocycles. The van der Waals surface area contributed by atoms with Crippen LogP contribution >= 0.6 is 0 Å². The van der Waals surface area contributed by atoms with Gasteiger partial charge in [-0.2, -0.15) is 0 Å². The summed E-state index contributed by atoms with van der Waals surface area (Å²) >= 11 is 0. The Balaban J connectivity index is 1.33. The van der Waals surface area contributed by atoms with Crippen LogP contribution in [0.5, 0.6) is 0 Å². The van der Waals surface area contributed by atoms with Gasteiger partial charge in [-0.15, -0.1) is 5.10 Å². The van der Waals surface area contributed by atoms with E-state index >= 15 is 0 Å². The third kappa shape index (κ3) is 3.48. The van der Waals surface area contributed by atoms with Gasteiger partial charge in [-0.3, -0.25) is 4.98 Å². The van der Waals surface area contributed by atoms with Gasteiger partial charge in [-0.05, 0) is 60.8 Å². The largest absolute Gasteiger partial charge is 0.379 e. The molecule has 29 heavy (non-hydrogen) atoms. The summed E-state index contributed by atoms with van der Waals surface area (Å²) in [5.41, 5.74) is 6.17. The van der Waals surface area contributed by atoms with E-state index in [2.05, 4.69) is 86.0 Å². The predicted molar refractivity (Wildman–Crippen MR) is 114 cm³/mol. The second-order valence-corrected chi connectivity index (χ2v) is 6.95. The zero-order valence-electron chi connectivity index (χ0n) is 16.0. The molecule has 0 spiro atoms. The lowest BCUT2D eigenvalue weighted by molar-refractivity contribution is 0.798. The summed E-state index contributed by atoms with van der Waals surface area (Å²) < 4.78 is 3.98. The van der Waals surface area contributed by atoms with Crippen molar-refractivity contribution in [3.63, 3.8) is 0 Å². The molecule has 0 amide bonds. The van der Waals surface area contributed by atoms with Gasteiger partial charge in [0.05, 0.1) is 23.9 Å². The summed E-state index contributed by atoms with van der Waals surface area (Å²) in [5.74, 6) is 0. The number of benzene rings is 2. The molecule has 0 radical (unpaired) electrons. The van der Waals surface area contributed by atoms with Crippen LogP contribution < -0.4 is 5.32 Å². The number of hydrogen-bond donors (Lipinski definition) is 1. The average molecular weight is 380 g/mol. The highest BCUT2D eigenvalue weighted by atomic mass is 15.4. The van der Waals surface area contributed by atoms with E-state index in [-0.39, 0.29) is 0 Å². The Hall–Kier alpha value is -3.93. The van der Waals surface area contributed by atoms with E-state index in [1.807, 2.05) is 25.3 Å². The molecule has 0 saturated carbocycles. The second kappa shape index (κ2) is 7.24. The Morgan fingerprint density at radius 1 is 0.931 bits per heavy atom. The Labute approximate surface area is 168 Å². The molecule has 6 heteroatoms. The van der Waals surface area contributed by atoms with Crippen LogP contribution in [-0.2, 0) is 6.54 Å². The summed E-state index contributed by atoms with van der Waals surface area (Å²) in [7, 11) is 0. The lowest BCUT2D eigenvalue weighted by Gasteiger charge is -2.07. The van der Waals surface area contributed by atoms with Gasteiger partial charge < -0.3 is 9.88 Å². The molecule has 0 aliphatic heterocycles. The number of rotatable bonds is 5. The number of nitrogens with zero attached hydrogens (tertiary/aromatic N) is 5. The zero-order chi connectivity index (χ0) is 19.6. The number of fused-ring (bicyclic) bond motifs is 1. The highest BCUT2D eigenvalue weighted by Gasteiger charge is 2.06. The molecule has 0 aliphatic carbocycles. The molecule has 0 aliphatic rings. The van der Waals surface area contributed by atoms with Gasteiger partial charge in [-0.25, -0.2) is 4.68 Å². The number of pyridine rings is 1. The normalized spacial score (nSPS) is 11.1. The minimum Gasteiger partial charge on any atom is -0.379 e. The van der Waals surface area contributed by atoms with Gasteiger partial charge in [0.15, 0.2) is 0 Å². The fourth-order valence-corrected chi connectivity index (χ4v) is 3.43. The quantitative estimate of drug-likeness (QED) is 0.487. The van der Waals surface area contributed by atoms with Crippen molar-refractivity contribution in [2.24, 2.45) is 0 Å². The van der Waals surface area contributed by atoms with Crippen molar-refractivity contribution in [3.05, 3.63) is 96.7 Å². The molecule has 3 heterocycles. The summed E-state index contributed by atoms with van der Waals surface area (Å²) in [6.07, 6.45) is 5.84. The number of aryl methyl sites for hydroxylation is 1. The molecule has 6 nitrogen and oxygen atoms in total. The molecule has 0 saturated heterocycles. The monoisotopic (exact) mass is 380 g/mol. The first-order valence-electron chi connectivity index (χ1n) is 9.51. The Morgan fingerprint density at radius 3 is 2.62 bits per heavy atom. The molecular formula is C23H20N6. The van der Waals surface area contributed by atoms with Crippen molar-refractivity contribution >= 4 is 16.6 Å². The van der Waals surface area contributed by atoms with Crippen LogP contribution in [0.3, 0.4) is 0 Å². The van der Waals surface area contributed by atoms with E-state index in [0.717, 1.165) is 28.5 Å². The average Bonchev–Trinajstić information content (AvgIpc) is 3.40. The van der Waals surface area contributed by atoms with E-state index in [1.54, 1.807) is 10.9 Å². The van der Waals surface area contributed by atoms with Crippen LogP contribution in [-0.4, -0.2) is 24.5 Å². The van der Waals surface area contributed by atoms with E-state index in [9.17, 15) is 0 Å². The first-order valence-corrected chi connectivity index (χ1v) is 9.51. The minimum atomic E-state index is 0.608. The van der Waals surface area contributed by atoms with Gasteiger partial charge in [0, 0.05) is 29.5 Å². The third-order valence-corrected chi connectivity index (χ3v) is 4.90. The maximum absolute atomic E-state index is 4.27. The van der Waals surface area contributed by atoms with E-state index in [0.29, 0.717) is 6.54 Å². The van der Waals surface area contributed by atoms with Crippen molar-refractivity contribution in [1.29, 1.82) is 0 Å². The van der Waals surface area contributed by atoms with Gasteiger partial charge in [-0.1, -0.05) is 23.4 Å². The van der Waals surface area contributed by atoms with Crippen molar-refractivity contribution in [3.8, 4) is 11.4 Å². The van der Waals surface area contributed by atoms with Crippen molar-refractivity contribution in [1.82, 2.24) is 24.5 Å². The lowest BCUT2D eigenvalue weighted by atomic mass is 10.2. The third-order valence-electron chi connectivity index (χ3n) is 4.90. The maximum atomic E-state index is 4.27. The highest BCUT2D eigenvalue weighted by Crippen LogP contribution is 2.21. The second-order valence-electron chi connectivity index (χ2n) is 6.95. The standard InChI is InChI=1S/C23H20N6/c1-17-14-19(10-12-24-17)25-15-20-16-29(27-26-20)22-8-6-21(7-9-22)28-13-11-18-4-2-3-5-23(18)28/h2-14,16H,15H2,1H3,(H,24,25). The molecule has 5 aromatic rings. The number of anilines is 1. The molecule has 0 fully saturated rings. The molecule has 0 unspecified atom stereocenters. The topological polar surface area (TPSA) is 60.6 Å². The van der Waals surface area contributed by atoms with Crippen molar-refractivity contribution in [2.45, 2.75) is 13.5 Å². The molecule has 142 valence electrons. The number of aromatic nitrogens is 5. The predicted octanol–water partition coefficient (Wildman–Crippen LogP) is 4.53. The van der Waals surface area contributed by atoms with E-state index in [4.69, 9.17) is 0 Å². The molecule has 0 atom stereocenters. The summed E-state index contributed by atoms with van der Waals surface area (Å²) in [5, 5.41) is 13.1. The SMILES string of the molecule is Cc1cc(NCc2cn(-c3ccc(-n4ccc5ccccc54)cc3)nn2)ccn1. The molecule has 1 N–H and O–H groups in total. The van der Waals surface area contributed by atoms with Crippen LogP contribution in [0.25, 0.3) is 22.3 Å². The summed E-state index contributed by atoms with van der Waals surface area (Å²) in [4.78, 5) is 4.21. The fraction of sp³-hybridized carbons (Fsp3) is 0.0870. The summed E-state index contributed by atoms with van der Waals surface area (Å²) in [6.45, 7) is 2.58. The fourth-order valence-electron chi connectivity index (χ4n) is 3.43. The minimum absolute atomic E-state index is 0.608. The lowest BCUT2D eigenvalue weighted by Crippen LogP contribution is -2.00. The van der Waals surface area contributed by atoms with Gasteiger partial charge in [0.2, 0.25) is 0 Å². The molecular weight excluding hydrogens is 360 g/mol. The first-order chi connectivity index (χ1) is 14.3. The Bertz CT molecular complexity index is 1270. The van der Waals surface area contributed by atoms with Crippen LogP contribution in [0.15, 0.2) is 85.3 Å². The Morgan fingerprint density at radius 2 is 1.76 bits per heavy atom. The van der Waals surface area contributed by atoms with Gasteiger partial charge in [0.1, 0.15) is 5.69 Å². The molecule has 5 rings (SSSR count). The van der Waals surface area contributed by atoms with Gasteiger partial charge >= 0.3 is 0 Å².